The summed E-state index contributed by atoms with van der Waals surface area (Å²) in [5, 5.41) is 7.46. The molecule has 1 N–H and O–H groups in total. The molecule has 0 aliphatic heterocycles. The SMILES string of the molecule is CCOc1ccc(NC(=O)COc2cc(C(C)(C)C)nn2-c2nc(C)cc(C)n2)cc1. The molecular weight excluding hydrogens is 394 g/mol. The first kappa shape index (κ1) is 22.3. The lowest BCUT2D eigenvalue weighted by molar-refractivity contribution is -0.118. The summed E-state index contributed by atoms with van der Waals surface area (Å²) in [5.74, 6) is 1.30. The molecule has 0 fully saturated rings. The van der Waals surface area contributed by atoms with Crippen LogP contribution in [0.15, 0.2) is 36.4 Å². The second-order valence-electron chi connectivity index (χ2n) is 8.27. The zero-order valence-corrected chi connectivity index (χ0v) is 18.9. The van der Waals surface area contributed by atoms with Crippen LogP contribution in [0.3, 0.4) is 0 Å². The van der Waals surface area contributed by atoms with E-state index in [1.54, 1.807) is 16.8 Å². The van der Waals surface area contributed by atoms with E-state index in [-0.39, 0.29) is 17.9 Å². The summed E-state index contributed by atoms with van der Waals surface area (Å²) in [6.45, 7) is 12.3. The van der Waals surface area contributed by atoms with Crippen molar-refractivity contribution in [2.45, 2.75) is 47.0 Å². The topological polar surface area (TPSA) is 91.2 Å². The van der Waals surface area contributed by atoms with Crippen molar-refractivity contribution in [3.05, 3.63) is 53.5 Å². The molecule has 0 spiro atoms. The average molecular weight is 424 g/mol. The zero-order chi connectivity index (χ0) is 22.6. The van der Waals surface area contributed by atoms with Crippen LogP contribution in [0.5, 0.6) is 11.6 Å². The Kier molecular flexibility index (Phi) is 6.58. The summed E-state index contributed by atoms with van der Waals surface area (Å²) in [5.41, 5.74) is 2.94. The van der Waals surface area contributed by atoms with Crippen molar-refractivity contribution < 1.29 is 14.3 Å². The normalized spacial score (nSPS) is 11.3. The number of carbonyl (C=O) groups excluding carboxylic acids is 1. The van der Waals surface area contributed by atoms with Gasteiger partial charge in [-0.15, -0.1) is 0 Å². The minimum atomic E-state index is -0.282. The molecule has 164 valence electrons. The van der Waals surface area contributed by atoms with Crippen LogP contribution in [-0.2, 0) is 10.2 Å². The third-order valence-corrected chi connectivity index (χ3v) is 4.41. The third-order valence-electron chi connectivity index (χ3n) is 4.41. The molecule has 3 aromatic rings. The number of amides is 1. The first-order valence-corrected chi connectivity index (χ1v) is 10.2. The summed E-state index contributed by atoms with van der Waals surface area (Å²) < 4.78 is 12.8. The number of rotatable bonds is 7. The van der Waals surface area contributed by atoms with Gasteiger partial charge in [0, 0.05) is 28.6 Å². The second kappa shape index (κ2) is 9.16. The molecule has 1 amide bonds. The Morgan fingerprint density at radius 1 is 1.03 bits per heavy atom. The number of hydrogen-bond donors (Lipinski definition) is 1. The molecule has 0 saturated heterocycles. The summed E-state index contributed by atoms with van der Waals surface area (Å²) in [6.07, 6.45) is 0. The van der Waals surface area contributed by atoms with E-state index in [1.165, 1.54) is 0 Å². The smallest absolute Gasteiger partial charge is 0.262 e. The molecule has 0 bridgehead atoms. The molecule has 2 aromatic heterocycles. The maximum atomic E-state index is 12.4. The minimum absolute atomic E-state index is 0.173. The van der Waals surface area contributed by atoms with Crippen LogP contribution in [0.25, 0.3) is 5.95 Å². The van der Waals surface area contributed by atoms with Crippen molar-refractivity contribution in [1.82, 2.24) is 19.7 Å². The van der Waals surface area contributed by atoms with Crippen LogP contribution >= 0.6 is 0 Å². The molecule has 0 atom stereocenters. The first-order chi connectivity index (χ1) is 14.7. The molecule has 0 unspecified atom stereocenters. The fourth-order valence-corrected chi connectivity index (χ4v) is 2.92. The fourth-order valence-electron chi connectivity index (χ4n) is 2.92. The van der Waals surface area contributed by atoms with Gasteiger partial charge in [-0.3, -0.25) is 4.79 Å². The standard InChI is InChI=1S/C23H29N5O3/c1-7-30-18-10-8-17(9-11-18)26-20(29)14-31-21-13-19(23(4,5)6)27-28(21)22-24-15(2)12-16(3)25-22/h8-13H,7,14H2,1-6H3,(H,26,29). The molecule has 0 aliphatic carbocycles. The first-order valence-electron chi connectivity index (χ1n) is 10.2. The number of nitrogens with one attached hydrogen (secondary N) is 1. The lowest BCUT2D eigenvalue weighted by Crippen LogP contribution is -2.21. The van der Waals surface area contributed by atoms with E-state index < -0.39 is 0 Å². The molecule has 2 heterocycles. The van der Waals surface area contributed by atoms with Crippen LogP contribution < -0.4 is 14.8 Å². The Labute approximate surface area is 182 Å². The number of benzene rings is 1. The summed E-state index contributed by atoms with van der Waals surface area (Å²) in [4.78, 5) is 21.4. The van der Waals surface area contributed by atoms with Gasteiger partial charge in [-0.1, -0.05) is 20.8 Å². The lowest BCUT2D eigenvalue weighted by Gasteiger charge is -2.13. The highest BCUT2D eigenvalue weighted by Crippen LogP contribution is 2.27. The van der Waals surface area contributed by atoms with Crippen molar-refractivity contribution >= 4 is 11.6 Å². The number of anilines is 1. The van der Waals surface area contributed by atoms with Crippen LogP contribution in [-0.4, -0.2) is 38.9 Å². The predicted octanol–water partition coefficient (Wildman–Crippen LogP) is 3.99. The van der Waals surface area contributed by atoms with E-state index in [2.05, 4.69) is 41.2 Å². The quantitative estimate of drug-likeness (QED) is 0.618. The number of aromatic nitrogens is 4. The molecule has 0 radical (unpaired) electrons. The molecule has 0 saturated carbocycles. The van der Waals surface area contributed by atoms with Gasteiger partial charge in [0.25, 0.3) is 11.9 Å². The van der Waals surface area contributed by atoms with E-state index in [9.17, 15) is 4.79 Å². The number of nitrogens with zero attached hydrogens (tertiary/aromatic N) is 4. The van der Waals surface area contributed by atoms with Crippen LogP contribution in [0.1, 0.15) is 44.8 Å². The molecule has 0 aliphatic rings. The lowest BCUT2D eigenvalue weighted by atomic mass is 9.93. The van der Waals surface area contributed by atoms with Crippen LogP contribution in [0.2, 0.25) is 0 Å². The Morgan fingerprint density at radius 3 is 2.26 bits per heavy atom. The van der Waals surface area contributed by atoms with Gasteiger partial charge < -0.3 is 14.8 Å². The maximum Gasteiger partial charge on any atom is 0.262 e. The summed E-state index contributed by atoms with van der Waals surface area (Å²) in [7, 11) is 0. The van der Waals surface area contributed by atoms with Gasteiger partial charge in [-0.25, -0.2) is 9.97 Å². The van der Waals surface area contributed by atoms with E-state index >= 15 is 0 Å². The van der Waals surface area contributed by atoms with Crippen molar-refractivity contribution in [3.63, 3.8) is 0 Å². The molecular formula is C23H29N5O3. The van der Waals surface area contributed by atoms with Gasteiger partial charge in [0.1, 0.15) is 5.75 Å². The largest absolute Gasteiger partial charge is 0.494 e. The number of carbonyl (C=O) groups is 1. The molecule has 3 rings (SSSR count). The second-order valence-corrected chi connectivity index (χ2v) is 8.27. The average Bonchev–Trinajstić information content (AvgIpc) is 3.12. The molecule has 31 heavy (non-hydrogen) atoms. The number of ether oxygens (including phenoxy) is 2. The van der Waals surface area contributed by atoms with Gasteiger partial charge >= 0.3 is 0 Å². The Hall–Kier alpha value is -3.42. The van der Waals surface area contributed by atoms with Crippen LogP contribution in [0, 0.1) is 13.8 Å². The maximum absolute atomic E-state index is 12.4. The summed E-state index contributed by atoms with van der Waals surface area (Å²) in [6, 6.07) is 10.9. The zero-order valence-electron chi connectivity index (χ0n) is 18.9. The van der Waals surface area contributed by atoms with Gasteiger partial charge in [0.05, 0.1) is 12.3 Å². The summed E-state index contributed by atoms with van der Waals surface area (Å²) >= 11 is 0. The highest BCUT2D eigenvalue weighted by Gasteiger charge is 2.23. The minimum Gasteiger partial charge on any atom is -0.494 e. The van der Waals surface area contributed by atoms with Gasteiger partial charge in [0.15, 0.2) is 6.61 Å². The van der Waals surface area contributed by atoms with Gasteiger partial charge in [0.2, 0.25) is 5.88 Å². The number of aryl methyl sites for hydroxylation is 2. The van der Waals surface area contributed by atoms with Gasteiger partial charge in [-0.2, -0.15) is 9.78 Å². The fraction of sp³-hybridized carbons (Fsp3) is 0.391. The van der Waals surface area contributed by atoms with Crippen molar-refractivity contribution in [2.75, 3.05) is 18.5 Å². The van der Waals surface area contributed by atoms with Crippen molar-refractivity contribution in [3.8, 4) is 17.6 Å². The third kappa shape index (κ3) is 5.81. The number of hydrogen-bond acceptors (Lipinski definition) is 6. The van der Waals surface area contributed by atoms with E-state index in [0.717, 1.165) is 22.8 Å². The highest BCUT2D eigenvalue weighted by molar-refractivity contribution is 5.91. The van der Waals surface area contributed by atoms with E-state index in [4.69, 9.17) is 9.47 Å². The monoisotopic (exact) mass is 423 g/mol. The van der Waals surface area contributed by atoms with E-state index in [1.807, 2.05) is 45.0 Å². The Bertz CT molecular complexity index is 1030. The molecule has 8 nitrogen and oxygen atoms in total. The molecule has 1 aromatic carbocycles. The predicted molar refractivity (Wildman–Crippen MR) is 119 cm³/mol. The highest BCUT2D eigenvalue weighted by atomic mass is 16.5. The van der Waals surface area contributed by atoms with Crippen molar-refractivity contribution in [2.24, 2.45) is 0 Å². The Morgan fingerprint density at radius 2 is 1.68 bits per heavy atom. The van der Waals surface area contributed by atoms with Gasteiger partial charge in [-0.05, 0) is 51.1 Å². The van der Waals surface area contributed by atoms with Crippen LogP contribution in [0.4, 0.5) is 5.69 Å². The van der Waals surface area contributed by atoms with Crippen molar-refractivity contribution in [1.29, 1.82) is 0 Å². The molecule has 8 heteroatoms. The Balaban J connectivity index is 1.77. The van der Waals surface area contributed by atoms with E-state index in [0.29, 0.717) is 24.1 Å².